The Hall–Kier alpha value is -1.64. The minimum absolute atomic E-state index is 0.104. The zero-order valence-corrected chi connectivity index (χ0v) is 10.5. The molecule has 0 aliphatic rings. The molecule has 2 rings (SSSR count). The van der Waals surface area contributed by atoms with Crippen LogP contribution in [0.15, 0.2) is 60.7 Å². The number of benzene rings is 2. The zero-order chi connectivity index (χ0) is 13.0. The van der Waals surface area contributed by atoms with Crippen molar-refractivity contribution in [3.63, 3.8) is 0 Å². The van der Waals surface area contributed by atoms with Crippen LogP contribution in [0.25, 0.3) is 0 Å². The molecule has 0 aliphatic heterocycles. The van der Waals surface area contributed by atoms with E-state index in [9.17, 15) is 10.2 Å². The first-order chi connectivity index (χ1) is 8.68. The van der Waals surface area contributed by atoms with Crippen LogP contribution in [0.4, 0.5) is 0 Å². The van der Waals surface area contributed by atoms with Gasteiger partial charge in [0.05, 0.1) is 12.7 Å². The molecule has 94 valence electrons. The molecule has 0 fully saturated rings. The highest BCUT2D eigenvalue weighted by molar-refractivity contribution is 5.31. The van der Waals surface area contributed by atoms with Crippen molar-refractivity contribution in [2.45, 2.75) is 18.4 Å². The first kappa shape index (κ1) is 12.8. The SMILES string of the molecule is CC(CO)(c1ccccc1)C(O)c1ccccc1. The first-order valence-corrected chi connectivity index (χ1v) is 6.08. The van der Waals surface area contributed by atoms with Crippen LogP contribution >= 0.6 is 0 Å². The van der Waals surface area contributed by atoms with Gasteiger partial charge in [0.25, 0.3) is 0 Å². The summed E-state index contributed by atoms with van der Waals surface area (Å²) >= 11 is 0. The number of rotatable bonds is 4. The molecule has 2 N–H and O–H groups in total. The zero-order valence-electron chi connectivity index (χ0n) is 10.5. The van der Waals surface area contributed by atoms with Gasteiger partial charge >= 0.3 is 0 Å². The van der Waals surface area contributed by atoms with E-state index < -0.39 is 11.5 Å². The molecule has 0 bridgehead atoms. The van der Waals surface area contributed by atoms with Gasteiger partial charge in [0, 0.05) is 5.41 Å². The van der Waals surface area contributed by atoms with Crippen LogP contribution in [0.3, 0.4) is 0 Å². The van der Waals surface area contributed by atoms with Gasteiger partial charge in [-0.3, -0.25) is 0 Å². The molecule has 0 saturated carbocycles. The molecule has 0 heterocycles. The maximum absolute atomic E-state index is 10.5. The van der Waals surface area contributed by atoms with Crippen LogP contribution in [-0.4, -0.2) is 16.8 Å². The first-order valence-electron chi connectivity index (χ1n) is 6.08. The lowest BCUT2D eigenvalue weighted by atomic mass is 9.75. The summed E-state index contributed by atoms with van der Waals surface area (Å²) in [7, 11) is 0. The fourth-order valence-electron chi connectivity index (χ4n) is 2.16. The van der Waals surface area contributed by atoms with Crippen LogP contribution in [-0.2, 0) is 5.41 Å². The lowest BCUT2D eigenvalue weighted by molar-refractivity contribution is 0.0474. The quantitative estimate of drug-likeness (QED) is 0.865. The lowest BCUT2D eigenvalue weighted by Crippen LogP contribution is -2.34. The van der Waals surface area contributed by atoms with Crippen molar-refractivity contribution in [3.8, 4) is 0 Å². The van der Waals surface area contributed by atoms with Crippen LogP contribution in [0.5, 0.6) is 0 Å². The molecular formula is C16H18O2. The van der Waals surface area contributed by atoms with Crippen molar-refractivity contribution in [2.24, 2.45) is 0 Å². The largest absolute Gasteiger partial charge is 0.395 e. The van der Waals surface area contributed by atoms with E-state index in [1.54, 1.807) is 0 Å². The third kappa shape index (κ3) is 2.30. The van der Waals surface area contributed by atoms with E-state index in [0.717, 1.165) is 11.1 Å². The molecule has 2 nitrogen and oxygen atoms in total. The van der Waals surface area contributed by atoms with Gasteiger partial charge in [-0.15, -0.1) is 0 Å². The Morgan fingerprint density at radius 2 is 1.44 bits per heavy atom. The van der Waals surface area contributed by atoms with Gasteiger partial charge in [-0.2, -0.15) is 0 Å². The highest BCUT2D eigenvalue weighted by Gasteiger charge is 2.35. The minimum atomic E-state index is -0.730. The van der Waals surface area contributed by atoms with Crippen molar-refractivity contribution in [1.82, 2.24) is 0 Å². The molecule has 18 heavy (non-hydrogen) atoms. The molecule has 2 heteroatoms. The van der Waals surface area contributed by atoms with Crippen molar-refractivity contribution >= 4 is 0 Å². The topological polar surface area (TPSA) is 40.5 Å². The molecule has 0 spiro atoms. The van der Waals surface area contributed by atoms with E-state index in [1.165, 1.54) is 0 Å². The Labute approximate surface area is 108 Å². The second kappa shape index (κ2) is 5.34. The van der Waals surface area contributed by atoms with Crippen molar-refractivity contribution < 1.29 is 10.2 Å². The van der Waals surface area contributed by atoms with E-state index in [-0.39, 0.29) is 6.61 Å². The molecule has 2 atom stereocenters. The van der Waals surface area contributed by atoms with Crippen molar-refractivity contribution in [3.05, 3.63) is 71.8 Å². The number of hydrogen-bond acceptors (Lipinski definition) is 2. The fraction of sp³-hybridized carbons (Fsp3) is 0.250. The van der Waals surface area contributed by atoms with E-state index in [4.69, 9.17) is 0 Å². The monoisotopic (exact) mass is 242 g/mol. The number of aliphatic hydroxyl groups excluding tert-OH is 2. The van der Waals surface area contributed by atoms with Gasteiger partial charge in [0.2, 0.25) is 0 Å². The summed E-state index contributed by atoms with van der Waals surface area (Å²) in [6.45, 7) is 1.77. The summed E-state index contributed by atoms with van der Waals surface area (Å²) in [4.78, 5) is 0. The summed E-state index contributed by atoms with van der Waals surface area (Å²) in [6.07, 6.45) is -0.730. The highest BCUT2D eigenvalue weighted by Crippen LogP contribution is 2.36. The standard InChI is InChI=1S/C16H18O2/c1-16(12-17,14-10-6-3-7-11-14)15(18)13-8-4-2-5-9-13/h2-11,15,17-18H,12H2,1H3. The predicted molar refractivity (Wildman–Crippen MR) is 72.3 cm³/mol. The van der Waals surface area contributed by atoms with E-state index in [1.807, 2.05) is 67.6 Å². The molecule has 0 aromatic heterocycles. The van der Waals surface area contributed by atoms with Gasteiger partial charge in [-0.1, -0.05) is 67.6 Å². The Morgan fingerprint density at radius 3 is 1.94 bits per heavy atom. The summed E-state index contributed by atoms with van der Waals surface area (Å²) < 4.78 is 0. The Balaban J connectivity index is 2.39. The third-order valence-corrected chi connectivity index (χ3v) is 3.48. The van der Waals surface area contributed by atoms with E-state index >= 15 is 0 Å². The van der Waals surface area contributed by atoms with E-state index in [0.29, 0.717) is 0 Å². The van der Waals surface area contributed by atoms with Gasteiger partial charge < -0.3 is 10.2 Å². The molecule has 0 saturated heterocycles. The summed E-state index contributed by atoms with van der Waals surface area (Å²) in [6, 6.07) is 19.1. The second-order valence-electron chi connectivity index (χ2n) is 4.75. The molecule has 2 aromatic rings. The van der Waals surface area contributed by atoms with Crippen LogP contribution in [0, 0.1) is 0 Å². The smallest absolute Gasteiger partial charge is 0.0906 e. The number of hydrogen-bond donors (Lipinski definition) is 2. The van der Waals surface area contributed by atoms with Crippen LogP contribution in [0.2, 0.25) is 0 Å². The molecule has 0 amide bonds. The molecule has 2 aromatic carbocycles. The van der Waals surface area contributed by atoms with Gasteiger partial charge in [-0.25, -0.2) is 0 Å². The minimum Gasteiger partial charge on any atom is -0.395 e. The van der Waals surface area contributed by atoms with Crippen molar-refractivity contribution in [1.29, 1.82) is 0 Å². The third-order valence-electron chi connectivity index (χ3n) is 3.48. The molecule has 0 radical (unpaired) electrons. The van der Waals surface area contributed by atoms with Gasteiger partial charge in [-0.05, 0) is 11.1 Å². The lowest BCUT2D eigenvalue weighted by Gasteiger charge is -2.33. The maximum atomic E-state index is 10.5. The fourth-order valence-corrected chi connectivity index (χ4v) is 2.16. The van der Waals surface area contributed by atoms with Crippen molar-refractivity contribution in [2.75, 3.05) is 6.61 Å². The summed E-state index contributed by atoms with van der Waals surface area (Å²) in [5.41, 5.74) is 1.06. The Bertz CT molecular complexity index is 481. The van der Waals surface area contributed by atoms with Gasteiger partial charge in [0.15, 0.2) is 0 Å². The average molecular weight is 242 g/mol. The van der Waals surface area contributed by atoms with Gasteiger partial charge in [0.1, 0.15) is 0 Å². The summed E-state index contributed by atoms with van der Waals surface area (Å²) in [5, 5.41) is 20.2. The normalized spacial score (nSPS) is 15.9. The highest BCUT2D eigenvalue weighted by atomic mass is 16.3. The molecule has 2 unspecified atom stereocenters. The summed E-state index contributed by atoms with van der Waals surface area (Å²) in [5.74, 6) is 0. The predicted octanol–water partition coefficient (Wildman–Crippen LogP) is 2.67. The number of aliphatic hydroxyl groups is 2. The maximum Gasteiger partial charge on any atom is 0.0906 e. The van der Waals surface area contributed by atoms with Crippen LogP contribution < -0.4 is 0 Å². The molecular weight excluding hydrogens is 224 g/mol. The molecule has 0 aliphatic carbocycles. The van der Waals surface area contributed by atoms with E-state index in [2.05, 4.69) is 0 Å². The Kier molecular flexibility index (Phi) is 3.80. The van der Waals surface area contributed by atoms with Crippen LogP contribution in [0.1, 0.15) is 24.2 Å². The average Bonchev–Trinajstić information content (AvgIpc) is 2.47. The Morgan fingerprint density at radius 1 is 0.944 bits per heavy atom. The second-order valence-corrected chi connectivity index (χ2v) is 4.75.